The third-order valence-corrected chi connectivity index (χ3v) is 9.81. The summed E-state index contributed by atoms with van der Waals surface area (Å²) in [6.45, 7) is 1.14. The maximum atomic E-state index is 13.3. The number of sulfonamides is 1. The zero-order valence-corrected chi connectivity index (χ0v) is 22.3. The van der Waals surface area contributed by atoms with E-state index in [1.807, 2.05) is 0 Å². The van der Waals surface area contributed by atoms with Crippen molar-refractivity contribution in [3.05, 3.63) is 64.2 Å². The van der Waals surface area contributed by atoms with Crippen molar-refractivity contribution in [3.63, 3.8) is 0 Å². The second kappa shape index (κ2) is 11.1. The van der Waals surface area contributed by atoms with Gasteiger partial charge in [-0.05, 0) is 73.1 Å². The second-order valence-electron chi connectivity index (χ2n) is 10.1. The minimum absolute atomic E-state index is 0.0424. The summed E-state index contributed by atoms with van der Waals surface area (Å²) >= 11 is 5.91. The molecule has 0 radical (unpaired) electrons. The predicted molar refractivity (Wildman–Crippen MR) is 142 cm³/mol. The summed E-state index contributed by atoms with van der Waals surface area (Å²) < 4.78 is 27.7. The Hall–Kier alpha value is -2.46. The molecule has 3 N–H and O–H groups in total. The van der Waals surface area contributed by atoms with Gasteiger partial charge in [0.2, 0.25) is 21.8 Å². The van der Waals surface area contributed by atoms with Gasteiger partial charge in [0.05, 0.1) is 17.4 Å². The number of nitrogens with one attached hydrogen (secondary N) is 3. The van der Waals surface area contributed by atoms with Gasteiger partial charge in [0, 0.05) is 30.7 Å². The van der Waals surface area contributed by atoms with E-state index in [1.54, 1.807) is 0 Å². The van der Waals surface area contributed by atoms with Crippen molar-refractivity contribution in [2.75, 3.05) is 13.1 Å². The van der Waals surface area contributed by atoms with Gasteiger partial charge < -0.3 is 16.0 Å². The maximum Gasteiger partial charge on any atom is 0.243 e. The lowest BCUT2D eigenvalue weighted by atomic mass is 9.86. The van der Waals surface area contributed by atoms with Gasteiger partial charge in [-0.1, -0.05) is 36.2 Å². The van der Waals surface area contributed by atoms with Crippen LogP contribution in [0.15, 0.2) is 47.4 Å². The average Bonchev–Trinajstić information content (AvgIpc) is 2.84. The zero-order valence-electron chi connectivity index (χ0n) is 20.7. The maximum absolute atomic E-state index is 13.3. The molecule has 3 aliphatic rings. The Balaban J connectivity index is 1.27. The van der Waals surface area contributed by atoms with Crippen molar-refractivity contribution in [2.24, 2.45) is 0 Å². The highest BCUT2D eigenvalue weighted by Crippen LogP contribution is 2.31. The molecule has 1 saturated carbocycles. The van der Waals surface area contributed by atoms with E-state index < -0.39 is 22.0 Å². The number of hydrogen-bond acceptors (Lipinski definition) is 5. The molecule has 1 saturated heterocycles. The molecular formula is C27H33ClN4O4S. The van der Waals surface area contributed by atoms with Gasteiger partial charge in [-0.3, -0.25) is 9.59 Å². The third kappa shape index (κ3) is 5.85. The molecule has 1 aliphatic heterocycles. The number of carbonyl (C=O) groups is 2. The van der Waals surface area contributed by atoms with Crippen LogP contribution in [0.2, 0.25) is 5.02 Å². The largest absolute Gasteiger partial charge is 0.353 e. The van der Waals surface area contributed by atoms with Crippen LogP contribution >= 0.6 is 11.6 Å². The molecule has 2 aliphatic carbocycles. The van der Waals surface area contributed by atoms with Crippen LogP contribution in [0.3, 0.4) is 0 Å². The molecule has 0 unspecified atom stereocenters. The fraction of sp³-hybridized carbons (Fsp3) is 0.481. The summed E-state index contributed by atoms with van der Waals surface area (Å²) in [5, 5.41) is 9.79. The first kappa shape index (κ1) is 26.2. The lowest BCUT2D eigenvalue weighted by molar-refractivity contribution is -0.132. The normalized spacial score (nSPS) is 22.6. The molecule has 2 aromatic carbocycles. The Kier molecular flexibility index (Phi) is 7.85. The van der Waals surface area contributed by atoms with Crippen LogP contribution in [0.25, 0.3) is 0 Å². The lowest BCUT2D eigenvalue weighted by Crippen LogP contribution is -2.58. The number of hydrogen-bond donors (Lipinski definition) is 3. The van der Waals surface area contributed by atoms with E-state index in [1.165, 1.54) is 54.7 Å². The first-order valence-electron chi connectivity index (χ1n) is 13.0. The molecule has 37 heavy (non-hydrogen) atoms. The Morgan fingerprint density at radius 3 is 2.59 bits per heavy atom. The van der Waals surface area contributed by atoms with Gasteiger partial charge in [-0.25, -0.2) is 8.42 Å². The average molecular weight is 545 g/mol. The number of aryl methyl sites for hydroxylation is 1. The van der Waals surface area contributed by atoms with Crippen LogP contribution in [0.1, 0.15) is 61.3 Å². The molecule has 0 spiro atoms. The predicted octanol–water partition coefficient (Wildman–Crippen LogP) is 3.06. The van der Waals surface area contributed by atoms with Crippen LogP contribution < -0.4 is 16.0 Å². The number of nitrogens with zero attached hydrogens (tertiary/aromatic N) is 1. The van der Waals surface area contributed by atoms with Crippen molar-refractivity contribution >= 4 is 33.4 Å². The summed E-state index contributed by atoms with van der Waals surface area (Å²) in [4.78, 5) is 25.9. The third-order valence-electron chi connectivity index (χ3n) is 7.64. The summed E-state index contributed by atoms with van der Waals surface area (Å²) in [7, 11) is -3.97. The number of benzene rings is 2. The zero-order chi connectivity index (χ0) is 26.0. The van der Waals surface area contributed by atoms with Gasteiger partial charge in [-0.15, -0.1) is 0 Å². The van der Waals surface area contributed by atoms with E-state index in [0.29, 0.717) is 11.1 Å². The van der Waals surface area contributed by atoms with Crippen molar-refractivity contribution in [3.8, 4) is 0 Å². The second-order valence-corrected chi connectivity index (χ2v) is 12.5. The fourth-order valence-corrected chi connectivity index (χ4v) is 7.06. The van der Waals surface area contributed by atoms with Crippen molar-refractivity contribution < 1.29 is 18.0 Å². The minimum Gasteiger partial charge on any atom is -0.353 e. The molecular weight excluding hydrogens is 512 g/mol. The summed E-state index contributed by atoms with van der Waals surface area (Å²) in [5.74, 6) is -0.807. The van der Waals surface area contributed by atoms with Crippen LogP contribution in [0.5, 0.6) is 0 Å². The Bertz CT molecular complexity index is 1260. The van der Waals surface area contributed by atoms with E-state index in [0.717, 1.165) is 35.7 Å². The van der Waals surface area contributed by atoms with E-state index in [4.69, 9.17) is 11.6 Å². The minimum atomic E-state index is -3.97. The van der Waals surface area contributed by atoms with Gasteiger partial charge >= 0.3 is 0 Å². The van der Waals surface area contributed by atoms with Gasteiger partial charge in [0.1, 0.15) is 6.04 Å². The Morgan fingerprint density at radius 1 is 1.08 bits per heavy atom. The molecule has 198 valence electrons. The Labute approximate surface area is 223 Å². The highest BCUT2D eigenvalue weighted by molar-refractivity contribution is 7.89. The highest BCUT2D eigenvalue weighted by atomic mass is 35.5. The van der Waals surface area contributed by atoms with Gasteiger partial charge in [0.15, 0.2) is 0 Å². The van der Waals surface area contributed by atoms with E-state index in [9.17, 15) is 18.0 Å². The molecule has 1 heterocycles. The van der Waals surface area contributed by atoms with Gasteiger partial charge in [-0.2, -0.15) is 4.31 Å². The fourth-order valence-electron chi connectivity index (χ4n) is 5.35. The van der Waals surface area contributed by atoms with Crippen molar-refractivity contribution in [2.45, 2.75) is 74.5 Å². The summed E-state index contributed by atoms with van der Waals surface area (Å²) in [6, 6.07) is 11.6. The van der Waals surface area contributed by atoms with E-state index in [-0.39, 0.29) is 36.4 Å². The number of carbonyl (C=O) groups excluding carboxylic acids is 2. The highest BCUT2D eigenvalue weighted by Gasteiger charge is 2.40. The van der Waals surface area contributed by atoms with Crippen molar-refractivity contribution in [1.82, 2.24) is 20.3 Å². The monoisotopic (exact) mass is 544 g/mol. The number of amides is 2. The molecule has 2 atom stereocenters. The van der Waals surface area contributed by atoms with Gasteiger partial charge in [0.25, 0.3) is 0 Å². The number of piperazine rings is 1. The molecule has 2 fully saturated rings. The Morgan fingerprint density at radius 2 is 1.86 bits per heavy atom. The summed E-state index contributed by atoms with van der Waals surface area (Å²) in [6.07, 6.45) is 6.29. The van der Waals surface area contributed by atoms with Crippen molar-refractivity contribution in [1.29, 1.82) is 0 Å². The lowest BCUT2D eigenvalue weighted by Gasteiger charge is -2.34. The first-order valence-corrected chi connectivity index (χ1v) is 14.8. The number of rotatable bonds is 8. The standard InChI is InChI=1S/C27H33ClN4O4S/c28-20-8-10-22(11-9-20)37(35,36)32-14-13-29-27(34)25(32)16-26(33)31-24-6-1-3-19-15-18(7-12-23(19)24)17-30-21-4-2-5-21/h7-12,15,21,24-25,30H,1-6,13-14,16-17H2,(H,29,34)(H,31,33)/t24-,25-/m1/s1. The summed E-state index contributed by atoms with van der Waals surface area (Å²) in [5.41, 5.74) is 3.59. The molecule has 0 bridgehead atoms. The van der Waals surface area contributed by atoms with Crippen LogP contribution in [-0.2, 0) is 32.6 Å². The SMILES string of the molecule is O=C(C[C@@H]1C(=O)NCCN1S(=O)(=O)c1ccc(Cl)cc1)N[C@@H]1CCCc2cc(CNC3CCC3)ccc21. The van der Waals surface area contributed by atoms with Crippen LogP contribution in [0.4, 0.5) is 0 Å². The number of halogens is 1. The van der Waals surface area contributed by atoms with E-state index >= 15 is 0 Å². The smallest absolute Gasteiger partial charge is 0.243 e. The molecule has 0 aromatic heterocycles. The molecule has 2 aromatic rings. The number of fused-ring (bicyclic) bond motifs is 1. The molecule has 8 nitrogen and oxygen atoms in total. The van der Waals surface area contributed by atoms with Crippen LogP contribution in [-0.4, -0.2) is 49.7 Å². The topological polar surface area (TPSA) is 108 Å². The molecule has 10 heteroatoms. The quantitative estimate of drug-likeness (QED) is 0.473. The first-order chi connectivity index (χ1) is 17.8. The molecule has 5 rings (SSSR count). The van der Waals surface area contributed by atoms with Crippen LogP contribution in [0, 0.1) is 0 Å². The molecule has 2 amide bonds. The van der Waals surface area contributed by atoms with E-state index in [2.05, 4.69) is 34.1 Å².